The molecule has 0 nitrogen and oxygen atoms in total. The molecule has 0 heterocycles. The Morgan fingerprint density at radius 2 is 1.50 bits per heavy atom. The highest BCUT2D eigenvalue weighted by Crippen LogP contribution is 2.26. The number of unbranched alkanes of at least 4 members (excludes halogenated alkanes) is 1. The summed E-state index contributed by atoms with van der Waals surface area (Å²) >= 11 is 0. The molecule has 0 amide bonds. The van der Waals surface area contributed by atoms with Gasteiger partial charge in [0.2, 0.25) is 0 Å². The SMILES string of the molecule is CCCCC(CCC)CC(C)C(C)C. The Kier molecular flexibility index (Phi) is 8.32. The van der Waals surface area contributed by atoms with Gasteiger partial charge in [-0.25, -0.2) is 0 Å². The fourth-order valence-electron chi connectivity index (χ4n) is 2.08. The van der Waals surface area contributed by atoms with Gasteiger partial charge in [0.15, 0.2) is 0 Å². The standard InChI is InChI=1S/C14H30/c1-6-8-10-14(9-7-2)11-13(5)12(3)4/h12-14H,6-11H2,1-5H3. The van der Waals surface area contributed by atoms with E-state index >= 15 is 0 Å². The normalized spacial score (nSPS) is 15.9. The van der Waals surface area contributed by atoms with Crippen LogP contribution in [0.15, 0.2) is 0 Å². The van der Waals surface area contributed by atoms with Gasteiger partial charge < -0.3 is 0 Å². The van der Waals surface area contributed by atoms with Gasteiger partial charge in [-0.3, -0.25) is 0 Å². The molecule has 0 saturated carbocycles. The maximum absolute atomic E-state index is 2.42. The predicted molar refractivity (Wildman–Crippen MR) is 66.5 cm³/mol. The maximum Gasteiger partial charge on any atom is -0.0412 e. The van der Waals surface area contributed by atoms with Crippen molar-refractivity contribution in [2.75, 3.05) is 0 Å². The summed E-state index contributed by atoms with van der Waals surface area (Å²) in [4.78, 5) is 0. The molecule has 2 atom stereocenters. The molecule has 0 saturated heterocycles. The quantitative estimate of drug-likeness (QED) is 0.498. The second-order valence-corrected chi connectivity index (χ2v) is 5.25. The number of rotatable bonds is 8. The smallest absolute Gasteiger partial charge is 0.0412 e. The third-order valence-corrected chi connectivity index (χ3v) is 3.51. The van der Waals surface area contributed by atoms with Gasteiger partial charge in [0.25, 0.3) is 0 Å². The zero-order valence-corrected chi connectivity index (χ0v) is 11.0. The van der Waals surface area contributed by atoms with Crippen molar-refractivity contribution in [1.82, 2.24) is 0 Å². The summed E-state index contributed by atoms with van der Waals surface area (Å²) in [5.41, 5.74) is 0. The fourth-order valence-corrected chi connectivity index (χ4v) is 2.08. The molecule has 0 spiro atoms. The van der Waals surface area contributed by atoms with Gasteiger partial charge >= 0.3 is 0 Å². The van der Waals surface area contributed by atoms with Crippen LogP contribution < -0.4 is 0 Å². The van der Waals surface area contributed by atoms with Crippen LogP contribution in [0.5, 0.6) is 0 Å². The van der Waals surface area contributed by atoms with Crippen LogP contribution in [0.25, 0.3) is 0 Å². The van der Waals surface area contributed by atoms with E-state index in [1.807, 2.05) is 0 Å². The van der Waals surface area contributed by atoms with E-state index in [4.69, 9.17) is 0 Å². The second kappa shape index (κ2) is 8.32. The number of hydrogen-bond donors (Lipinski definition) is 0. The summed E-state index contributed by atoms with van der Waals surface area (Å²) in [6.45, 7) is 11.7. The first-order valence-corrected chi connectivity index (χ1v) is 6.61. The van der Waals surface area contributed by atoms with Crippen molar-refractivity contribution in [3.8, 4) is 0 Å². The molecule has 86 valence electrons. The van der Waals surface area contributed by atoms with Crippen LogP contribution in [0, 0.1) is 17.8 Å². The third-order valence-electron chi connectivity index (χ3n) is 3.51. The highest BCUT2D eigenvalue weighted by atomic mass is 14.2. The number of hydrogen-bond acceptors (Lipinski definition) is 0. The van der Waals surface area contributed by atoms with E-state index < -0.39 is 0 Å². The lowest BCUT2D eigenvalue weighted by Crippen LogP contribution is -2.11. The Labute approximate surface area is 91.5 Å². The van der Waals surface area contributed by atoms with Crippen molar-refractivity contribution in [2.45, 2.75) is 73.1 Å². The molecule has 0 aromatic heterocycles. The molecule has 14 heavy (non-hydrogen) atoms. The van der Waals surface area contributed by atoms with Crippen LogP contribution in [0.4, 0.5) is 0 Å². The van der Waals surface area contributed by atoms with E-state index in [1.165, 1.54) is 38.5 Å². The van der Waals surface area contributed by atoms with Crippen molar-refractivity contribution < 1.29 is 0 Å². The lowest BCUT2D eigenvalue weighted by molar-refractivity contribution is 0.289. The monoisotopic (exact) mass is 198 g/mol. The summed E-state index contributed by atoms with van der Waals surface area (Å²) in [6, 6.07) is 0. The molecule has 0 aromatic carbocycles. The Bertz CT molecular complexity index is 115. The van der Waals surface area contributed by atoms with Gasteiger partial charge in [-0.05, 0) is 24.2 Å². The first kappa shape index (κ1) is 14.0. The molecule has 0 heteroatoms. The summed E-state index contributed by atoms with van der Waals surface area (Å²) in [5, 5.41) is 0. The summed E-state index contributed by atoms with van der Waals surface area (Å²) in [5.74, 6) is 2.76. The van der Waals surface area contributed by atoms with Crippen LogP contribution in [0.2, 0.25) is 0 Å². The molecule has 0 aromatic rings. The van der Waals surface area contributed by atoms with E-state index in [1.54, 1.807) is 0 Å². The minimum atomic E-state index is 0.857. The van der Waals surface area contributed by atoms with Crippen molar-refractivity contribution in [1.29, 1.82) is 0 Å². The average Bonchev–Trinajstić information content (AvgIpc) is 2.14. The first-order chi connectivity index (χ1) is 6.61. The largest absolute Gasteiger partial charge is 0.0654 e. The Hall–Kier alpha value is 0. The second-order valence-electron chi connectivity index (χ2n) is 5.25. The molecule has 0 rings (SSSR count). The first-order valence-electron chi connectivity index (χ1n) is 6.61. The van der Waals surface area contributed by atoms with Gasteiger partial charge in [-0.2, -0.15) is 0 Å². The molecular formula is C14H30. The van der Waals surface area contributed by atoms with E-state index in [0.29, 0.717) is 0 Å². The third kappa shape index (κ3) is 6.45. The lowest BCUT2D eigenvalue weighted by atomic mass is 9.83. The minimum Gasteiger partial charge on any atom is -0.0654 e. The highest BCUT2D eigenvalue weighted by Gasteiger charge is 2.14. The molecule has 0 fully saturated rings. The van der Waals surface area contributed by atoms with Crippen LogP contribution in [-0.2, 0) is 0 Å². The highest BCUT2D eigenvalue weighted by molar-refractivity contribution is 4.65. The van der Waals surface area contributed by atoms with E-state index in [2.05, 4.69) is 34.6 Å². The van der Waals surface area contributed by atoms with Crippen LogP contribution >= 0.6 is 0 Å². The van der Waals surface area contributed by atoms with Crippen molar-refractivity contribution in [2.24, 2.45) is 17.8 Å². The van der Waals surface area contributed by atoms with Gasteiger partial charge in [0, 0.05) is 0 Å². The summed E-state index contributed by atoms with van der Waals surface area (Å²) in [7, 11) is 0. The lowest BCUT2D eigenvalue weighted by Gasteiger charge is -2.23. The topological polar surface area (TPSA) is 0 Å². The van der Waals surface area contributed by atoms with Crippen molar-refractivity contribution >= 4 is 0 Å². The maximum atomic E-state index is 2.42. The Morgan fingerprint density at radius 3 is 1.93 bits per heavy atom. The fraction of sp³-hybridized carbons (Fsp3) is 1.00. The molecule has 0 aliphatic heterocycles. The van der Waals surface area contributed by atoms with Gasteiger partial charge in [-0.1, -0.05) is 66.7 Å². The molecule has 2 unspecified atom stereocenters. The molecule has 0 bridgehead atoms. The zero-order valence-electron chi connectivity index (χ0n) is 11.0. The van der Waals surface area contributed by atoms with Crippen LogP contribution in [0.3, 0.4) is 0 Å². The minimum absolute atomic E-state index is 0.857. The van der Waals surface area contributed by atoms with E-state index in [-0.39, 0.29) is 0 Å². The molecular weight excluding hydrogens is 168 g/mol. The van der Waals surface area contributed by atoms with Crippen LogP contribution in [0.1, 0.15) is 73.1 Å². The Morgan fingerprint density at radius 1 is 0.857 bits per heavy atom. The summed E-state index contributed by atoms with van der Waals surface area (Å²) < 4.78 is 0. The van der Waals surface area contributed by atoms with Gasteiger partial charge in [-0.15, -0.1) is 0 Å². The zero-order chi connectivity index (χ0) is 11.0. The van der Waals surface area contributed by atoms with Crippen molar-refractivity contribution in [3.05, 3.63) is 0 Å². The Balaban J connectivity index is 3.81. The van der Waals surface area contributed by atoms with E-state index in [0.717, 1.165) is 17.8 Å². The van der Waals surface area contributed by atoms with Gasteiger partial charge in [0.05, 0.1) is 0 Å². The predicted octanol–water partition coefficient (Wildman–Crippen LogP) is 5.28. The van der Waals surface area contributed by atoms with Crippen LogP contribution in [-0.4, -0.2) is 0 Å². The average molecular weight is 198 g/mol. The van der Waals surface area contributed by atoms with E-state index in [9.17, 15) is 0 Å². The van der Waals surface area contributed by atoms with Gasteiger partial charge in [0.1, 0.15) is 0 Å². The molecule has 0 aliphatic carbocycles. The molecule has 0 N–H and O–H groups in total. The summed E-state index contributed by atoms with van der Waals surface area (Å²) in [6.07, 6.45) is 8.49. The van der Waals surface area contributed by atoms with Crippen molar-refractivity contribution in [3.63, 3.8) is 0 Å². The molecule has 0 aliphatic rings. The molecule has 0 radical (unpaired) electrons.